The summed E-state index contributed by atoms with van der Waals surface area (Å²) in [6.07, 6.45) is 2.98. The van der Waals surface area contributed by atoms with Crippen molar-refractivity contribution in [3.63, 3.8) is 0 Å². The van der Waals surface area contributed by atoms with E-state index in [2.05, 4.69) is 10.3 Å². The first-order valence-electron chi connectivity index (χ1n) is 9.80. The van der Waals surface area contributed by atoms with Gasteiger partial charge in [0.25, 0.3) is 5.91 Å². The number of anilines is 3. The molecule has 1 amide bonds. The van der Waals surface area contributed by atoms with Crippen molar-refractivity contribution >= 4 is 34.6 Å². The van der Waals surface area contributed by atoms with E-state index in [-0.39, 0.29) is 32.1 Å². The first-order chi connectivity index (χ1) is 15.8. The van der Waals surface area contributed by atoms with Crippen LogP contribution in [0.3, 0.4) is 0 Å². The molecule has 0 radical (unpaired) electrons. The van der Waals surface area contributed by atoms with Crippen LogP contribution in [0, 0.1) is 29.1 Å². The Hall–Kier alpha value is -3.40. The summed E-state index contributed by atoms with van der Waals surface area (Å²) in [6.45, 7) is 0.462. The van der Waals surface area contributed by atoms with E-state index < -0.39 is 34.8 Å². The summed E-state index contributed by atoms with van der Waals surface area (Å²) in [4.78, 5) is 19.1. The average molecular weight is 483 g/mol. The van der Waals surface area contributed by atoms with E-state index >= 15 is 0 Å². The predicted octanol–water partition coefficient (Wildman–Crippen LogP) is 5.01. The Morgan fingerprint density at radius 1 is 0.879 bits per heavy atom. The number of hydrogen-bond donors (Lipinski definition) is 1. The highest BCUT2D eigenvalue weighted by molar-refractivity contribution is 6.33. The fraction of sp³-hybridized carbons (Fsp3) is 0.182. The van der Waals surface area contributed by atoms with Gasteiger partial charge in [-0.3, -0.25) is 9.78 Å². The number of benzene rings is 2. The monoisotopic (exact) mass is 482 g/mol. The Balaban J connectivity index is 1.46. The van der Waals surface area contributed by atoms with Gasteiger partial charge in [-0.25, -0.2) is 22.0 Å². The van der Waals surface area contributed by atoms with Crippen molar-refractivity contribution in [1.29, 1.82) is 0 Å². The van der Waals surface area contributed by atoms with Crippen LogP contribution in [0.15, 0.2) is 42.7 Å². The maximum atomic E-state index is 14.1. The van der Waals surface area contributed by atoms with Gasteiger partial charge in [0, 0.05) is 44.3 Å². The van der Waals surface area contributed by atoms with Crippen LogP contribution in [-0.4, -0.2) is 37.1 Å². The predicted molar refractivity (Wildman–Crippen MR) is 114 cm³/mol. The van der Waals surface area contributed by atoms with Gasteiger partial charge in [-0.1, -0.05) is 11.6 Å². The van der Waals surface area contributed by atoms with Crippen LogP contribution in [0.1, 0.15) is 10.4 Å². The first kappa shape index (κ1) is 22.8. The van der Waals surface area contributed by atoms with Crippen LogP contribution in [0.2, 0.25) is 5.02 Å². The summed E-state index contributed by atoms with van der Waals surface area (Å²) < 4.78 is 68.6. The molecule has 0 bridgehead atoms. The van der Waals surface area contributed by atoms with Gasteiger partial charge in [-0.2, -0.15) is 0 Å². The minimum atomic E-state index is -2.19. The molecule has 33 heavy (non-hydrogen) atoms. The van der Waals surface area contributed by atoms with E-state index in [1.54, 1.807) is 36.5 Å². The van der Waals surface area contributed by atoms with Crippen LogP contribution in [-0.2, 0) is 0 Å². The highest BCUT2D eigenvalue weighted by Crippen LogP contribution is 2.33. The molecular weight excluding hydrogens is 467 g/mol. The van der Waals surface area contributed by atoms with Crippen molar-refractivity contribution < 1.29 is 26.7 Å². The maximum Gasteiger partial charge on any atom is 0.257 e. The number of pyridine rings is 1. The fourth-order valence-electron chi connectivity index (χ4n) is 3.58. The molecule has 172 valence electrons. The summed E-state index contributed by atoms with van der Waals surface area (Å²) in [5, 5.41) is 3.03. The lowest BCUT2D eigenvalue weighted by Gasteiger charge is -2.38. The quantitative estimate of drug-likeness (QED) is 0.323. The number of rotatable bonds is 4. The van der Waals surface area contributed by atoms with Gasteiger partial charge in [-0.05, 0) is 30.3 Å². The molecule has 2 aromatic carbocycles. The minimum Gasteiger partial charge on any atom is -0.367 e. The van der Waals surface area contributed by atoms with Crippen LogP contribution in [0.5, 0.6) is 0 Å². The molecule has 0 atom stereocenters. The Morgan fingerprint density at radius 2 is 1.48 bits per heavy atom. The first-order valence-corrected chi connectivity index (χ1v) is 10.2. The zero-order chi connectivity index (χ0) is 23.7. The second-order valence-electron chi connectivity index (χ2n) is 7.25. The van der Waals surface area contributed by atoms with Gasteiger partial charge in [0.1, 0.15) is 5.69 Å². The number of carbonyl (C=O) groups is 1. The van der Waals surface area contributed by atoms with Gasteiger partial charge >= 0.3 is 0 Å². The van der Waals surface area contributed by atoms with Crippen LogP contribution >= 0.6 is 11.6 Å². The Labute approximate surface area is 190 Å². The van der Waals surface area contributed by atoms with Crippen molar-refractivity contribution in [1.82, 2.24) is 4.98 Å². The van der Waals surface area contributed by atoms with Gasteiger partial charge in [-0.15, -0.1) is 0 Å². The number of carbonyl (C=O) groups excluding carboxylic acids is 1. The van der Waals surface area contributed by atoms with E-state index in [1.165, 1.54) is 6.20 Å². The Bertz CT molecular complexity index is 1170. The smallest absolute Gasteiger partial charge is 0.257 e. The molecule has 1 aliphatic rings. The number of piperazine rings is 1. The molecule has 1 aromatic heterocycles. The topological polar surface area (TPSA) is 48.5 Å². The molecule has 3 aromatic rings. The number of amides is 1. The zero-order valence-corrected chi connectivity index (χ0v) is 17.6. The summed E-state index contributed by atoms with van der Waals surface area (Å²) in [6, 6.07) is 8.13. The molecule has 1 saturated heterocycles. The highest BCUT2D eigenvalue weighted by atomic mass is 35.5. The van der Waals surface area contributed by atoms with Crippen molar-refractivity contribution in [2.24, 2.45) is 0 Å². The second kappa shape index (κ2) is 9.22. The van der Waals surface area contributed by atoms with Crippen LogP contribution in [0.25, 0.3) is 0 Å². The molecule has 0 spiro atoms. The molecule has 4 rings (SSSR count). The average Bonchev–Trinajstić information content (AvgIpc) is 2.83. The number of aromatic nitrogens is 1. The second-order valence-corrected chi connectivity index (χ2v) is 7.66. The third kappa shape index (κ3) is 4.43. The lowest BCUT2D eigenvalue weighted by atomic mass is 10.2. The van der Waals surface area contributed by atoms with Crippen molar-refractivity contribution in [3.05, 3.63) is 82.4 Å². The summed E-state index contributed by atoms with van der Waals surface area (Å²) in [5.74, 6) is -10.2. The molecule has 1 N–H and O–H groups in total. The Morgan fingerprint density at radius 3 is 2.06 bits per heavy atom. The van der Waals surface area contributed by atoms with Gasteiger partial charge in [0.15, 0.2) is 23.3 Å². The van der Waals surface area contributed by atoms with Gasteiger partial charge < -0.3 is 15.1 Å². The van der Waals surface area contributed by atoms with Gasteiger partial charge in [0.2, 0.25) is 5.82 Å². The molecule has 0 aliphatic carbocycles. The lowest BCUT2D eigenvalue weighted by Crippen LogP contribution is -2.47. The zero-order valence-electron chi connectivity index (χ0n) is 16.9. The van der Waals surface area contributed by atoms with E-state index in [1.807, 2.05) is 4.90 Å². The van der Waals surface area contributed by atoms with Crippen molar-refractivity contribution in [3.8, 4) is 0 Å². The largest absolute Gasteiger partial charge is 0.367 e. The standard InChI is InChI=1S/C22H16ClF5N4O/c23-14-10-13(30-22(33)12-2-1-5-29-11-12)3-4-15(14)31-6-8-32(9-7-31)21-19(27)17(25)16(24)18(26)20(21)28/h1-5,10-11H,6-9H2,(H,30,33). The Kier molecular flexibility index (Phi) is 6.37. The van der Waals surface area contributed by atoms with Crippen molar-refractivity contribution in [2.45, 2.75) is 0 Å². The summed E-state index contributed by atoms with van der Waals surface area (Å²) >= 11 is 6.38. The number of halogens is 6. The highest BCUT2D eigenvalue weighted by Gasteiger charge is 2.31. The van der Waals surface area contributed by atoms with E-state index in [0.29, 0.717) is 22.0 Å². The SMILES string of the molecule is O=C(Nc1ccc(N2CCN(c3c(F)c(F)c(F)c(F)c3F)CC2)c(Cl)c1)c1cccnc1. The molecule has 2 heterocycles. The maximum absolute atomic E-state index is 14.1. The molecule has 5 nitrogen and oxygen atoms in total. The van der Waals surface area contributed by atoms with Crippen molar-refractivity contribution in [2.75, 3.05) is 41.3 Å². The molecule has 11 heteroatoms. The van der Waals surface area contributed by atoms with Crippen LogP contribution in [0.4, 0.5) is 39.0 Å². The third-order valence-electron chi connectivity index (χ3n) is 5.25. The molecule has 1 fully saturated rings. The molecule has 0 unspecified atom stereocenters. The molecular formula is C22H16ClF5N4O. The summed E-state index contributed by atoms with van der Waals surface area (Å²) in [7, 11) is 0. The lowest BCUT2D eigenvalue weighted by molar-refractivity contribution is 0.102. The number of nitrogens with zero attached hydrogens (tertiary/aromatic N) is 3. The molecule has 0 saturated carbocycles. The fourth-order valence-corrected chi connectivity index (χ4v) is 3.88. The molecule has 1 aliphatic heterocycles. The normalized spacial score (nSPS) is 13.9. The van der Waals surface area contributed by atoms with Gasteiger partial charge in [0.05, 0.1) is 16.3 Å². The third-order valence-corrected chi connectivity index (χ3v) is 5.56. The van der Waals surface area contributed by atoms with E-state index in [4.69, 9.17) is 11.6 Å². The minimum absolute atomic E-state index is 0.00811. The summed E-state index contributed by atoms with van der Waals surface area (Å²) in [5.41, 5.74) is 0.498. The van der Waals surface area contributed by atoms with E-state index in [9.17, 15) is 26.7 Å². The number of hydrogen-bond acceptors (Lipinski definition) is 4. The number of nitrogens with one attached hydrogen (secondary N) is 1. The van der Waals surface area contributed by atoms with Crippen LogP contribution < -0.4 is 15.1 Å². The van der Waals surface area contributed by atoms with E-state index in [0.717, 1.165) is 4.90 Å².